The number of thiazole rings is 1. The van der Waals surface area contributed by atoms with Crippen molar-refractivity contribution in [1.82, 2.24) is 4.98 Å². The number of allylic oxidation sites excluding steroid dienone is 1. The molecule has 2 aromatic rings. The molecular formula is C18H18N2O3S2. The molecule has 1 unspecified atom stereocenters. The van der Waals surface area contributed by atoms with Crippen LogP contribution in [0.1, 0.15) is 30.3 Å². The van der Waals surface area contributed by atoms with Crippen LogP contribution in [-0.4, -0.2) is 29.0 Å². The number of ketones is 1. The van der Waals surface area contributed by atoms with Crippen molar-refractivity contribution in [2.24, 2.45) is 0 Å². The van der Waals surface area contributed by atoms with Crippen LogP contribution in [0, 0.1) is 5.41 Å². The lowest BCUT2D eigenvalue weighted by molar-refractivity contribution is -0.114. The van der Waals surface area contributed by atoms with Crippen molar-refractivity contribution >= 4 is 40.0 Å². The Kier molecular flexibility index (Phi) is 5.55. The van der Waals surface area contributed by atoms with E-state index in [1.54, 1.807) is 12.3 Å². The number of aromatic nitrogens is 1. The third-order valence-electron chi connectivity index (χ3n) is 3.55. The zero-order valence-electron chi connectivity index (χ0n) is 13.9. The molecule has 0 amide bonds. The van der Waals surface area contributed by atoms with E-state index in [1.807, 2.05) is 37.4 Å². The Morgan fingerprint density at radius 1 is 1.24 bits per heavy atom. The second-order valence-corrected chi connectivity index (χ2v) is 7.22. The Morgan fingerprint density at radius 3 is 2.68 bits per heavy atom. The highest BCUT2D eigenvalue weighted by Gasteiger charge is 2.38. The van der Waals surface area contributed by atoms with Gasteiger partial charge in [-0.05, 0) is 37.6 Å². The van der Waals surface area contributed by atoms with Crippen LogP contribution >= 0.6 is 23.1 Å². The van der Waals surface area contributed by atoms with Gasteiger partial charge in [-0.1, -0.05) is 17.8 Å². The molecular weight excluding hydrogens is 356 g/mol. The molecule has 2 heterocycles. The first kappa shape index (κ1) is 17.7. The Balaban J connectivity index is 1.89. The van der Waals surface area contributed by atoms with Crippen molar-refractivity contribution in [3.05, 3.63) is 45.3 Å². The summed E-state index contributed by atoms with van der Waals surface area (Å²) in [5, 5.41) is 10.9. The third kappa shape index (κ3) is 3.77. The summed E-state index contributed by atoms with van der Waals surface area (Å²) < 4.78 is 11.2. The lowest BCUT2D eigenvalue weighted by Gasteiger charge is -2.11. The van der Waals surface area contributed by atoms with Crippen LogP contribution in [0.4, 0.5) is 0 Å². The first-order valence-corrected chi connectivity index (χ1v) is 9.64. The molecule has 130 valence electrons. The SMILES string of the molecule is CCOc1ccc(C=C2SC(=N)C(c3nccs3)C2=O)cc1OCC. The highest BCUT2D eigenvalue weighted by Crippen LogP contribution is 2.41. The predicted octanol–water partition coefficient (Wildman–Crippen LogP) is 4.36. The van der Waals surface area contributed by atoms with Gasteiger partial charge >= 0.3 is 0 Å². The molecule has 25 heavy (non-hydrogen) atoms. The number of rotatable bonds is 6. The van der Waals surface area contributed by atoms with E-state index >= 15 is 0 Å². The molecule has 1 fully saturated rings. The number of carbonyl (C=O) groups is 1. The van der Waals surface area contributed by atoms with E-state index in [0.29, 0.717) is 39.7 Å². The van der Waals surface area contributed by atoms with Gasteiger partial charge in [0, 0.05) is 11.6 Å². The van der Waals surface area contributed by atoms with Gasteiger partial charge < -0.3 is 9.47 Å². The van der Waals surface area contributed by atoms with Crippen LogP contribution in [0.15, 0.2) is 34.7 Å². The largest absolute Gasteiger partial charge is 0.490 e. The van der Waals surface area contributed by atoms with Crippen LogP contribution in [0.2, 0.25) is 0 Å². The number of hydrogen-bond donors (Lipinski definition) is 1. The molecule has 1 saturated heterocycles. The van der Waals surface area contributed by atoms with E-state index in [2.05, 4.69) is 4.98 Å². The maximum absolute atomic E-state index is 12.7. The molecule has 1 atom stereocenters. The van der Waals surface area contributed by atoms with E-state index in [4.69, 9.17) is 14.9 Å². The Morgan fingerprint density at radius 2 is 2.00 bits per heavy atom. The van der Waals surface area contributed by atoms with Crippen LogP contribution in [0.3, 0.4) is 0 Å². The Bertz CT molecular complexity index is 816. The summed E-state index contributed by atoms with van der Waals surface area (Å²) in [4.78, 5) is 17.4. The minimum absolute atomic E-state index is 0.0724. The monoisotopic (exact) mass is 374 g/mol. The molecule has 3 rings (SSSR count). The summed E-state index contributed by atoms with van der Waals surface area (Å²) in [6, 6.07) is 5.58. The van der Waals surface area contributed by atoms with Gasteiger partial charge in [0.2, 0.25) is 0 Å². The molecule has 0 bridgehead atoms. The van der Waals surface area contributed by atoms with Crippen LogP contribution in [0.5, 0.6) is 11.5 Å². The number of ether oxygens (including phenoxy) is 2. The topological polar surface area (TPSA) is 72.3 Å². The number of hydrogen-bond acceptors (Lipinski definition) is 7. The second-order valence-electron chi connectivity index (χ2n) is 5.21. The second kappa shape index (κ2) is 7.84. The first-order valence-electron chi connectivity index (χ1n) is 7.95. The van der Waals surface area contributed by atoms with E-state index in [-0.39, 0.29) is 5.78 Å². The quantitative estimate of drug-likeness (QED) is 0.761. The van der Waals surface area contributed by atoms with Gasteiger partial charge in [0.15, 0.2) is 17.3 Å². The van der Waals surface area contributed by atoms with Crippen LogP contribution in [-0.2, 0) is 4.79 Å². The molecule has 1 aromatic carbocycles. The predicted molar refractivity (Wildman–Crippen MR) is 102 cm³/mol. The minimum Gasteiger partial charge on any atom is -0.490 e. The zero-order chi connectivity index (χ0) is 17.8. The summed E-state index contributed by atoms with van der Waals surface area (Å²) in [6.07, 6.45) is 3.46. The molecule has 1 aromatic heterocycles. The molecule has 1 aliphatic rings. The van der Waals surface area contributed by atoms with Crippen molar-refractivity contribution in [3.8, 4) is 11.5 Å². The number of Topliss-reactive ketones (excluding diaryl/α,β-unsaturated/α-hetero) is 1. The van der Waals surface area contributed by atoms with Gasteiger partial charge in [-0.3, -0.25) is 10.2 Å². The number of carbonyl (C=O) groups excluding carboxylic acids is 1. The highest BCUT2D eigenvalue weighted by atomic mass is 32.2. The van der Waals surface area contributed by atoms with Crippen molar-refractivity contribution < 1.29 is 14.3 Å². The van der Waals surface area contributed by atoms with E-state index in [0.717, 1.165) is 5.56 Å². The number of nitrogens with one attached hydrogen (secondary N) is 1. The fourth-order valence-corrected chi connectivity index (χ4v) is 4.31. The van der Waals surface area contributed by atoms with Gasteiger partial charge in [-0.25, -0.2) is 4.98 Å². The third-order valence-corrected chi connectivity index (χ3v) is 5.39. The van der Waals surface area contributed by atoms with Gasteiger partial charge in [-0.2, -0.15) is 0 Å². The van der Waals surface area contributed by atoms with Crippen molar-refractivity contribution in [3.63, 3.8) is 0 Å². The van der Waals surface area contributed by atoms with Gasteiger partial charge in [0.25, 0.3) is 0 Å². The van der Waals surface area contributed by atoms with Crippen LogP contribution in [0.25, 0.3) is 6.08 Å². The fourth-order valence-electron chi connectivity index (χ4n) is 2.50. The maximum atomic E-state index is 12.7. The normalized spacial score (nSPS) is 18.8. The van der Waals surface area contributed by atoms with Gasteiger partial charge in [-0.15, -0.1) is 11.3 Å². The van der Waals surface area contributed by atoms with E-state index in [1.165, 1.54) is 23.1 Å². The zero-order valence-corrected chi connectivity index (χ0v) is 15.6. The van der Waals surface area contributed by atoms with Gasteiger partial charge in [0.05, 0.1) is 23.2 Å². The van der Waals surface area contributed by atoms with Crippen molar-refractivity contribution in [1.29, 1.82) is 5.41 Å². The molecule has 1 N–H and O–H groups in total. The van der Waals surface area contributed by atoms with Gasteiger partial charge in [0.1, 0.15) is 10.9 Å². The molecule has 0 saturated carbocycles. The molecule has 0 spiro atoms. The number of thioether (sulfide) groups is 1. The molecule has 0 radical (unpaired) electrons. The lowest BCUT2D eigenvalue weighted by Crippen LogP contribution is -2.11. The van der Waals surface area contributed by atoms with E-state index in [9.17, 15) is 4.79 Å². The van der Waals surface area contributed by atoms with Crippen LogP contribution < -0.4 is 9.47 Å². The summed E-state index contributed by atoms with van der Waals surface area (Å²) in [5.41, 5.74) is 0.843. The number of benzene rings is 1. The van der Waals surface area contributed by atoms with Crippen molar-refractivity contribution in [2.45, 2.75) is 19.8 Å². The molecule has 7 heteroatoms. The molecule has 1 aliphatic heterocycles. The standard InChI is InChI=1S/C18H18N2O3S2/c1-3-22-12-6-5-11(9-13(12)23-4-2)10-14-16(21)15(17(19)25-14)18-20-7-8-24-18/h5-10,15,19H,3-4H2,1-2H3. The first-order chi connectivity index (χ1) is 12.1. The Labute approximate surface area is 154 Å². The average molecular weight is 374 g/mol. The molecule has 0 aliphatic carbocycles. The fraction of sp³-hybridized carbons (Fsp3) is 0.278. The smallest absolute Gasteiger partial charge is 0.186 e. The average Bonchev–Trinajstić information content (AvgIpc) is 3.19. The van der Waals surface area contributed by atoms with Crippen molar-refractivity contribution in [2.75, 3.05) is 13.2 Å². The Hall–Kier alpha value is -2.12. The molecule has 5 nitrogen and oxygen atoms in total. The minimum atomic E-state index is -0.565. The summed E-state index contributed by atoms with van der Waals surface area (Å²) in [5.74, 6) is 0.702. The number of nitrogens with zero attached hydrogens (tertiary/aromatic N) is 1. The summed E-state index contributed by atoms with van der Waals surface area (Å²) >= 11 is 2.60. The maximum Gasteiger partial charge on any atom is 0.186 e. The highest BCUT2D eigenvalue weighted by molar-refractivity contribution is 8.19. The van der Waals surface area contributed by atoms with E-state index < -0.39 is 5.92 Å². The summed E-state index contributed by atoms with van der Waals surface area (Å²) in [7, 11) is 0. The summed E-state index contributed by atoms with van der Waals surface area (Å²) in [6.45, 7) is 4.92. The lowest BCUT2D eigenvalue weighted by atomic mass is 10.0.